The highest BCUT2D eigenvalue weighted by atomic mass is 32.2. The van der Waals surface area contributed by atoms with Crippen molar-refractivity contribution in [1.29, 1.82) is 0 Å². The summed E-state index contributed by atoms with van der Waals surface area (Å²) in [5, 5.41) is 7.65. The maximum atomic E-state index is 12.1. The Labute approximate surface area is 111 Å². The summed E-state index contributed by atoms with van der Waals surface area (Å²) in [5.41, 5.74) is 5.42. The van der Waals surface area contributed by atoms with Crippen molar-refractivity contribution in [3.8, 4) is 0 Å². The van der Waals surface area contributed by atoms with Gasteiger partial charge in [-0.3, -0.25) is 4.79 Å². The standard InChI is InChI=1S/C12H15NO5S/c1-3-8-4-5-9(6-10(8)12(15)16)19(17,18)7(2)11(13)14/h4-7H,3H2,1-2H3,(H2,13,14)(H,15,16). The van der Waals surface area contributed by atoms with Crippen molar-refractivity contribution in [2.75, 3.05) is 0 Å². The quantitative estimate of drug-likeness (QED) is 0.821. The molecule has 1 rings (SSSR count). The maximum absolute atomic E-state index is 12.1. The molecule has 0 aliphatic rings. The molecule has 104 valence electrons. The maximum Gasteiger partial charge on any atom is 0.336 e. The van der Waals surface area contributed by atoms with Gasteiger partial charge in [0.15, 0.2) is 9.84 Å². The third kappa shape index (κ3) is 2.93. The van der Waals surface area contributed by atoms with Gasteiger partial charge in [0, 0.05) is 0 Å². The molecular formula is C12H15NO5S. The fourth-order valence-corrected chi connectivity index (χ4v) is 2.85. The van der Waals surface area contributed by atoms with E-state index < -0.39 is 27.0 Å². The number of amides is 1. The molecule has 1 amide bonds. The van der Waals surface area contributed by atoms with Crippen LogP contribution in [0.2, 0.25) is 0 Å². The van der Waals surface area contributed by atoms with Gasteiger partial charge in [-0.15, -0.1) is 0 Å². The summed E-state index contributed by atoms with van der Waals surface area (Å²) in [6, 6.07) is 3.79. The number of hydrogen-bond acceptors (Lipinski definition) is 4. The van der Waals surface area contributed by atoms with Crippen LogP contribution in [-0.2, 0) is 21.1 Å². The number of carboxylic acids is 1. The van der Waals surface area contributed by atoms with Crippen LogP contribution in [0.1, 0.15) is 29.8 Å². The number of hydrogen-bond donors (Lipinski definition) is 2. The molecule has 7 heteroatoms. The fraction of sp³-hybridized carbons (Fsp3) is 0.333. The molecule has 0 saturated heterocycles. The topological polar surface area (TPSA) is 115 Å². The highest BCUT2D eigenvalue weighted by Crippen LogP contribution is 2.20. The third-order valence-electron chi connectivity index (χ3n) is 2.89. The Morgan fingerprint density at radius 1 is 1.37 bits per heavy atom. The largest absolute Gasteiger partial charge is 0.478 e. The summed E-state index contributed by atoms with van der Waals surface area (Å²) in [6.07, 6.45) is 0.466. The summed E-state index contributed by atoms with van der Waals surface area (Å²) in [5.74, 6) is -2.18. The summed E-state index contributed by atoms with van der Waals surface area (Å²) in [4.78, 5) is 21.9. The zero-order valence-corrected chi connectivity index (χ0v) is 11.4. The lowest BCUT2D eigenvalue weighted by Gasteiger charge is -2.11. The van der Waals surface area contributed by atoms with Crippen LogP contribution in [-0.4, -0.2) is 30.7 Å². The number of aryl methyl sites for hydroxylation is 1. The molecule has 0 spiro atoms. The summed E-state index contributed by atoms with van der Waals surface area (Å²) in [7, 11) is -3.96. The Morgan fingerprint density at radius 3 is 2.37 bits per heavy atom. The first kappa shape index (κ1) is 15.2. The van der Waals surface area contributed by atoms with Crippen LogP contribution in [0.4, 0.5) is 0 Å². The fourth-order valence-electron chi connectivity index (χ4n) is 1.60. The number of primary amides is 1. The first-order chi connectivity index (χ1) is 8.71. The van der Waals surface area contributed by atoms with Crippen LogP contribution in [0.25, 0.3) is 0 Å². The van der Waals surface area contributed by atoms with E-state index in [-0.39, 0.29) is 10.5 Å². The van der Waals surface area contributed by atoms with Crippen LogP contribution in [0.15, 0.2) is 23.1 Å². The van der Waals surface area contributed by atoms with Crippen molar-refractivity contribution in [1.82, 2.24) is 0 Å². The molecule has 1 unspecified atom stereocenters. The van der Waals surface area contributed by atoms with Gasteiger partial charge in [-0.05, 0) is 31.0 Å². The van der Waals surface area contributed by atoms with E-state index in [9.17, 15) is 18.0 Å². The Bertz CT molecular complexity index is 621. The van der Waals surface area contributed by atoms with Crippen LogP contribution in [0.5, 0.6) is 0 Å². The van der Waals surface area contributed by atoms with Crippen LogP contribution < -0.4 is 5.73 Å². The molecular weight excluding hydrogens is 270 g/mol. The van der Waals surface area contributed by atoms with Crippen molar-refractivity contribution >= 4 is 21.7 Å². The number of aromatic carboxylic acids is 1. The smallest absolute Gasteiger partial charge is 0.336 e. The van der Waals surface area contributed by atoms with Gasteiger partial charge < -0.3 is 10.8 Å². The van der Waals surface area contributed by atoms with Gasteiger partial charge in [0.1, 0.15) is 5.25 Å². The number of carbonyl (C=O) groups excluding carboxylic acids is 1. The van der Waals surface area contributed by atoms with Crippen LogP contribution >= 0.6 is 0 Å². The Kier molecular flexibility index (Phi) is 4.31. The molecule has 6 nitrogen and oxygen atoms in total. The number of carbonyl (C=O) groups is 2. The van der Waals surface area contributed by atoms with E-state index in [2.05, 4.69) is 0 Å². The second kappa shape index (κ2) is 5.40. The van der Waals surface area contributed by atoms with E-state index in [1.807, 2.05) is 0 Å². The molecule has 3 N–H and O–H groups in total. The van der Waals surface area contributed by atoms with E-state index in [0.29, 0.717) is 12.0 Å². The second-order valence-corrected chi connectivity index (χ2v) is 6.34. The predicted octanol–water partition coefficient (Wildman–Crippen LogP) is 0.595. The average molecular weight is 285 g/mol. The van der Waals surface area contributed by atoms with E-state index in [1.54, 1.807) is 6.92 Å². The monoisotopic (exact) mass is 285 g/mol. The average Bonchev–Trinajstić information content (AvgIpc) is 2.36. The van der Waals surface area contributed by atoms with Crippen LogP contribution in [0, 0.1) is 0 Å². The predicted molar refractivity (Wildman–Crippen MR) is 68.6 cm³/mol. The molecule has 0 heterocycles. The molecule has 1 atom stereocenters. The van der Waals surface area contributed by atoms with Crippen molar-refractivity contribution in [3.05, 3.63) is 29.3 Å². The molecule has 0 saturated carbocycles. The molecule has 19 heavy (non-hydrogen) atoms. The molecule has 0 bridgehead atoms. The summed E-state index contributed by atoms with van der Waals surface area (Å²) in [6.45, 7) is 2.94. The van der Waals surface area contributed by atoms with Gasteiger partial charge in [0.2, 0.25) is 5.91 Å². The zero-order chi connectivity index (χ0) is 14.8. The number of benzene rings is 1. The Morgan fingerprint density at radius 2 is 1.95 bits per heavy atom. The first-order valence-corrected chi connectivity index (χ1v) is 7.15. The number of nitrogens with two attached hydrogens (primary N) is 1. The highest BCUT2D eigenvalue weighted by molar-refractivity contribution is 7.92. The van der Waals surface area contributed by atoms with Gasteiger partial charge >= 0.3 is 5.97 Å². The SMILES string of the molecule is CCc1ccc(S(=O)(=O)C(C)C(N)=O)cc1C(=O)O. The number of rotatable bonds is 5. The van der Waals surface area contributed by atoms with E-state index in [1.165, 1.54) is 19.1 Å². The molecule has 1 aromatic rings. The van der Waals surface area contributed by atoms with Crippen LogP contribution in [0.3, 0.4) is 0 Å². The summed E-state index contributed by atoms with van der Waals surface area (Å²) >= 11 is 0. The van der Waals surface area contributed by atoms with Gasteiger partial charge in [0.25, 0.3) is 0 Å². The Balaban J connectivity index is 3.42. The zero-order valence-electron chi connectivity index (χ0n) is 10.6. The normalized spacial score (nSPS) is 12.9. The van der Waals surface area contributed by atoms with E-state index >= 15 is 0 Å². The molecule has 0 aromatic heterocycles. The lowest BCUT2D eigenvalue weighted by atomic mass is 10.1. The molecule has 1 aromatic carbocycles. The van der Waals surface area contributed by atoms with Crippen molar-refractivity contribution in [2.24, 2.45) is 5.73 Å². The molecule has 0 aliphatic carbocycles. The number of carboxylic acid groups (broad SMARTS) is 1. The highest BCUT2D eigenvalue weighted by Gasteiger charge is 2.29. The Hall–Kier alpha value is -1.89. The minimum Gasteiger partial charge on any atom is -0.478 e. The van der Waals surface area contributed by atoms with Crippen molar-refractivity contribution in [2.45, 2.75) is 30.4 Å². The molecule has 0 aliphatic heterocycles. The van der Waals surface area contributed by atoms with E-state index in [4.69, 9.17) is 10.8 Å². The third-order valence-corrected chi connectivity index (χ3v) is 4.96. The van der Waals surface area contributed by atoms with Gasteiger partial charge in [-0.25, -0.2) is 13.2 Å². The summed E-state index contributed by atoms with van der Waals surface area (Å²) < 4.78 is 24.1. The molecule has 0 radical (unpaired) electrons. The van der Waals surface area contributed by atoms with Crippen molar-refractivity contribution < 1.29 is 23.1 Å². The van der Waals surface area contributed by atoms with Gasteiger partial charge in [-0.2, -0.15) is 0 Å². The lowest BCUT2D eigenvalue weighted by molar-refractivity contribution is -0.117. The lowest BCUT2D eigenvalue weighted by Crippen LogP contribution is -2.33. The second-order valence-electron chi connectivity index (χ2n) is 4.07. The number of sulfone groups is 1. The molecule has 0 fully saturated rings. The van der Waals surface area contributed by atoms with E-state index in [0.717, 1.165) is 6.07 Å². The van der Waals surface area contributed by atoms with Gasteiger partial charge in [0.05, 0.1) is 10.5 Å². The minimum absolute atomic E-state index is 0.0831. The minimum atomic E-state index is -3.96. The van der Waals surface area contributed by atoms with Gasteiger partial charge in [-0.1, -0.05) is 13.0 Å². The first-order valence-electron chi connectivity index (χ1n) is 5.61. The van der Waals surface area contributed by atoms with Crippen molar-refractivity contribution in [3.63, 3.8) is 0 Å².